The van der Waals surface area contributed by atoms with E-state index in [4.69, 9.17) is 28.7 Å². The monoisotopic (exact) mass is 1280 g/mol. The lowest BCUT2D eigenvalue weighted by Crippen LogP contribution is -2.62. The van der Waals surface area contributed by atoms with Gasteiger partial charge in [-0.2, -0.15) is 0 Å². The van der Waals surface area contributed by atoms with E-state index in [1.807, 2.05) is 48.5 Å². The Morgan fingerprint density at radius 3 is 1.78 bits per heavy atom. The lowest BCUT2D eigenvalue weighted by molar-refractivity contribution is -0.152. The van der Waals surface area contributed by atoms with Crippen molar-refractivity contribution < 1.29 is 63.3 Å². The van der Waals surface area contributed by atoms with Crippen molar-refractivity contribution in [1.82, 2.24) is 46.6 Å². The van der Waals surface area contributed by atoms with Gasteiger partial charge in [-0.25, -0.2) is 4.79 Å². The molecular formula is C64H95N15O13. The molecule has 504 valence electrons. The molecule has 12 atom stereocenters. The second kappa shape index (κ2) is 33.2. The molecule has 0 bridgehead atoms. The van der Waals surface area contributed by atoms with Crippen molar-refractivity contribution in [1.29, 1.82) is 0 Å². The van der Waals surface area contributed by atoms with Crippen LogP contribution in [0.2, 0.25) is 0 Å². The molecule has 9 amide bonds. The van der Waals surface area contributed by atoms with Gasteiger partial charge in [-0.05, 0) is 156 Å². The summed E-state index contributed by atoms with van der Waals surface area (Å²) < 4.78 is 0. The van der Waals surface area contributed by atoms with Crippen molar-refractivity contribution >= 4 is 65.1 Å². The number of hydrogen-bond donors (Lipinski definition) is 14. The molecule has 19 N–H and O–H groups in total. The highest BCUT2D eigenvalue weighted by atomic mass is 16.4. The van der Waals surface area contributed by atoms with Crippen LogP contribution in [0.1, 0.15) is 125 Å². The number of carboxylic acids is 1. The summed E-state index contributed by atoms with van der Waals surface area (Å²) >= 11 is 0. The highest BCUT2D eigenvalue weighted by Gasteiger charge is 2.52. The number of guanidine groups is 1. The minimum atomic E-state index is -1.63. The van der Waals surface area contributed by atoms with Gasteiger partial charge in [0, 0.05) is 32.1 Å². The predicted molar refractivity (Wildman–Crippen MR) is 338 cm³/mol. The summed E-state index contributed by atoms with van der Waals surface area (Å²) in [6.45, 7) is -0.924. The number of carbonyl (C=O) groups is 10. The van der Waals surface area contributed by atoms with Crippen molar-refractivity contribution in [2.45, 2.75) is 195 Å². The van der Waals surface area contributed by atoms with Crippen molar-refractivity contribution in [3.63, 3.8) is 0 Å². The average Bonchev–Trinajstić information content (AvgIpc) is 1.62. The number of aliphatic hydroxyl groups excluding tert-OH is 2. The number of likely N-dealkylation sites (tertiary alicyclic amines) is 3. The molecule has 4 fully saturated rings. The molecule has 3 heterocycles. The third-order valence-corrected chi connectivity index (χ3v) is 19.3. The Morgan fingerprint density at radius 2 is 1.17 bits per heavy atom. The van der Waals surface area contributed by atoms with Gasteiger partial charge in [0.1, 0.15) is 48.3 Å². The highest BCUT2D eigenvalue weighted by molar-refractivity contribution is 5.99. The molecular weight excluding hydrogens is 1190 g/mol. The Kier molecular flexibility index (Phi) is 25.3. The van der Waals surface area contributed by atoms with Gasteiger partial charge < -0.3 is 90.6 Å². The highest BCUT2D eigenvalue weighted by Crippen LogP contribution is 2.41. The van der Waals surface area contributed by atoms with Crippen LogP contribution in [0.15, 0.2) is 53.5 Å². The van der Waals surface area contributed by atoms with E-state index >= 15 is 0 Å². The summed E-state index contributed by atoms with van der Waals surface area (Å²) in [4.78, 5) is 150. The number of unbranched alkanes of at least 4 members (excludes halogenated alkanes) is 2. The van der Waals surface area contributed by atoms with Crippen LogP contribution in [0.5, 0.6) is 0 Å². The van der Waals surface area contributed by atoms with Crippen LogP contribution in [-0.2, 0) is 73.6 Å². The molecule has 3 saturated heterocycles. The third kappa shape index (κ3) is 17.7. The zero-order chi connectivity index (χ0) is 66.2. The van der Waals surface area contributed by atoms with Gasteiger partial charge in [0.2, 0.25) is 53.2 Å². The summed E-state index contributed by atoms with van der Waals surface area (Å²) in [5.41, 5.74) is 32.5. The van der Waals surface area contributed by atoms with Crippen molar-refractivity contribution in [3.8, 4) is 0 Å². The fourth-order valence-electron chi connectivity index (χ4n) is 14.5. The van der Waals surface area contributed by atoms with Crippen LogP contribution in [0.25, 0.3) is 0 Å². The zero-order valence-electron chi connectivity index (χ0n) is 52.4. The SMILES string of the molecule is NCCCC[C@H](NC(=O)[C@@H](N)CCCCN)C(=O)N[C@@H](CCCN=C(N)N)C(=O)N1CCC[C@H]1C(=O)N1C[C@H](O)C[C@H]1C(=O)NCC(=O)N[C@@H](C(=O)N[C@@H](CO)C(=O)N[C@@H](C(=O)N1[C@H](C(=O)O)C[C@@H]2CCCC[C@@H]21)C1Cc2ccccc2C1)C1Cc2ccccc2C1. The molecule has 2 aromatic carbocycles. The lowest BCUT2D eigenvalue weighted by atomic mass is 9.84. The van der Waals surface area contributed by atoms with E-state index in [0.717, 1.165) is 41.5 Å². The summed E-state index contributed by atoms with van der Waals surface area (Å²) in [5, 5.41) is 48.5. The number of β-amino-alcohol motifs (C(OH)–C–C–N with tert-alkyl or cyclic N) is 1. The number of nitrogens with zero attached hydrogens (tertiary/aromatic N) is 4. The number of aliphatic imine (C=N–C) groups is 1. The van der Waals surface area contributed by atoms with E-state index < -0.39 is 145 Å². The first-order valence-corrected chi connectivity index (χ1v) is 32.8. The topological polar surface area (TPSA) is 456 Å². The number of rotatable bonds is 31. The number of nitrogens with one attached hydrogen (secondary N) is 6. The average molecular weight is 1280 g/mol. The van der Waals surface area contributed by atoms with Crippen LogP contribution in [0.3, 0.4) is 0 Å². The molecule has 1 saturated carbocycles. The number of aliphatic hydroxyl groups is 2. The van der Waals surface area contributed by atoms with Crippen LogP contribution in [0, 0.1) is 17.8 Å². The molecule has 2 aromatic rings. The van der Waals surface area contributed by atoms with Gasteiger partial charge in [-0.3, -0.25) is 48.1 Å². The fourth-order valence-corrected chi connectivity index (χ4v) is 14.5. The molecule has 28 heteroatoms. The molecule has 0 radical (unpaired) electrons. The number of amides is 9. The van der Waals surface area contributed by atoms with Gasteiger partial charge in [-0.15, -0.1) is 0 Å². The minimum Gasteiger partial charge on any atom is -0.480 e. The first kappa shape index (κ1) is 70.1. The Bertz CT molecular complexity index is 2950. The zero-order valence-corrected chi connectivity index (χ0v) is 52.4. The normalized spacial score (nSPS) is 22.9. The largest absolute Gasteiger partial charge is 0.480 e. The Balaban J connectivity index is 0.934. The molecule has 0 spiro atoms. The van der Waals surface area contributed by atoms with Gasteiger partial charge in [0.05, 0.1) is 25.3 Å². The van der Waals surface area contributed by atoms with Gasteiger partial charge in [0.15, 0.2) is 5.96 Å². The molecule has 0 aromatic heterocycles. The minimum absolute atomic E-state index is 0.00657. The summed E-state index contributed by atoms with van der Waals surface area (Å²) in [7, 11) is 0. The van der Waals surface area contributed by atoms with Crippen LogP contribution >= 0.6 is 0 Å². The first-order valence-electron chi connectivity index (χ1n) is 32.8. The van der Waals surface area contributed by atoms with E-state index in [1.165, 1.54) is 14.7 Å². The van der Waals surface area contributed by atoms with Gasteiger partial charge in [0.25, 0.3) is 0 Å². The maximum absolute atomic E-state index is 14.9. The molecule has 3 aliphatic carbocycles. The number of carboxylic acid groups (broad SMARTS) is 1. The van der Waals surface area contributed by atoms with E-state index in [1.54, 1.807) is 0 Å². The van der Waals surface area contributed by atoms with E-state index in [9.17, 15) is 63.3 Å². The van der Waals surface area contributed by atoms with Crippen molar-refractivity contribution in [3.05, 3.63) is 70.8 Å². The van der Waals surface area contributed by atoms with E-state index in [2.05, 4.69) is 36.9 Å². The molecule has 92 heavy (non-hydrogen) atoms. The van der Waals surface area contributed by atoms with E-state index in [-0.39, 0.29) is 69.7 Å². The Hall–Kier alpha value is -7.79. The quantitative estimate of drug-likeness (QED) is 0.0206. The number of fused-ring (bicyclic) bond motifs is 3. The molecule has 8 rings (SSSR count). The van der Waals surface area contributed by atoms with E-state index in [0.29, 0.717) is 90.1 Å². The number of aliphatic carboxylic acids is 1. The Labute approximate surface area is 536 Å². The first-order chi connectivity index (χ1) is 44.2. The van der Waals surface area contributed by atoms with Gasteiger partial charge >= 0.3 is 5.97 Å². The third-order valence-electron chi connectivity index (χ3n) is 19.3. The van der Waals surface area contributed by atoms with Crippen LogP contribution in [0.4, 0.5) is 0 Å². The van der Waals surface area contributed by atoms with Gasteiger partial charge in [-0.1, -0.05) is 67.8 Å². The number of hydrogen-bond acceptors (Lipinski definition) is 16. The Morgan fingerprint density at radius 1 is 0.598 bits per heavy atom. The maximum atomic E-state index is 14.9. The second-order valence-electron chi connectivity index (χ2n) is 25.6. The summed E-state index contributed by atoms with van der Waals surface area (Å²) in [6, 6.07) is 3.86. The fraction of sp³-hybridized carbons (Fsp3) is 0.641. The number of nitrogens with two attached hydrogens (primary N) is 5. The number of benzene rings is 2. The summed E-state index contributed by atoms with van der Waals surface area (Å²) in [5.74, 6) is -8.74. The molecule has 0 unspecified atom stereocenters. The smallest absolute Gasteiger partial charge is 0.326 e. The molecule has 6 aliphatic rings. The molecule has 3 aliphatic heterocycles. The second-order valence-corrected chi connectivity index (χ2v) is 25.6. The standard InChI is InChI=1S/C64H95N15O13/c65-23-9-7-18-44(67)55(83)72-45(19-8-10-24-66)56(84)73-46(20-11-25-70-64(68)69)60(88)77-26-12-22-49(77)61(89)78-34-43(81)32-50(78)58(86)71-33-52(82)75-53(41-27-36-13-1-2-14-37(36)28-41)59(87)74-47(35-80)57(85)76-54(42-29-38-15-3-4-16-39(38)30-42)62(90)79-48-21-6-5-17-40(48)31-51(79)63(91)92/h1-4,13-16,40-51,53-54,80-81H,5-12,17-35,65-67H2,(H,71,86)(H,72,83)(H,73,84)(H,74,87)(H,75,82)(H,76,85)(H,91,92)(H4,68,69,70)/t40-,43+,44-,45-,46-,47-,48-,49-,50-,51-,53+,54+/m0/s1. The van der Waals surface area contributed by atoms with Crippen LogP contribution < -0.4 is 60.6 Å². The van der Waals surface area contributed by atoms with Crippen molar-refractivity contribution in [2.75, 3.05) is 45.9 Å². The van der Waals surface area contributed by atoms with Crippen molar-refractivity contribution in [2.24, 2.45) is 51.4 Å². The maximum Gasteiger partial charge on any atom is 0.326 e. The lowest BCUT2D eigenvalue weighted by Gasteiger charge is -2.37. The predicted octanol–water partition coefficient (Wildman–Crippen LogP) is -2.82. The number of carbonyl (C=O) groups excluding carboxylic acids is 9. The molecule has 28 nitrogen and oxygen atoms in total. The van der Waals surface area contributed by atoms with Crippen LogP contribution in [-0.4, -0.2) is 208 Å². The summed E-state index contributed by atoms with van der Waals surface area (Å²) in [6.07, 6.45) is 7.16.